The van der Waals surface area contributed by atoms with Gasteiger partial charge in [0.25, 0.3) is 0 Å². The fourth-order valence-corrected chi connectivity index (χ4v) is 1.86. The second-order valence-electron chi connectivity index (χ2n) is 5.80. The van der Waals surface area contributed by atoms with Crippen LogP contribution in [0, 0.1) is 5.92 Å². The number of nitrogens with one attached hydrogen (secondary N) is 3. The van der Waals surface area contributed by atoms with E-state index in [-0.39, 0.29) is 0 Å². The molecule has 0 rings (SSSR count). The molecular weight excluding hydrogens is 336 g/mol. The van der Waals surface area contributed by atoms with Gasteiger partial charge in [-0.1, -0.05) is 13.8 Å². The highest BCUT2D eigenvalue weighted by Crippen LogP contribution is 2.04. The average molecular weight is 362 g/mol. The summed E-state index contributed by atoms with van der Waals surface area (Å²) in [6, 6.07) is -4.06. The predicted octanol–water partition coefficient (Wildman–Crippen LogP) is -3.49. The lowest BCUT2D eigenvalue weighted by Gasteiger charge is -2.26. The molecule has 4 atom stereocenters. The number of amides is 3. The van der Waals surface area contributed by atoms with Crippen LogP contribution in [0.3, 0.4) is 0 Å². The van der Waals surface area contributed by atoms with Crippen LogP contribution in [-0.4, -0.2) is 76.4 Å². The van der Waals surface area contributed by atoms with Crippen molar-refractivity contribution in [3.8, 4) is 0 Å². The van der Waals surface area contributed by atoms with Crippen molar-refractivity contribution in [1.82, 2.24) is 16.0 Å². The van der Waals surface area contributed by atoms with Gasteiger partial charge >= 0.3 is 5.97 Å². The molecule has 25 heavy (non-hydrogen) atoms. The molecule has 0 aromatic rings. The van der Waals surface area contributed by atoms with Crippen molar-refractivity contribution in [1.29, 1.82) is 0 Å². The molecule has 0 aliphatic rings. The van der Waals surface area contributed by atoms with E-state index in [9.17, 15) is 24.3 Å². The molecule has 11 nitrogen and oxygen atoms in total. The molecule has 0 aromatic heterocycles. The molecule has 0 heterocycles. The number of hydrogen-bond acceptors (Lipinski definition) is 7. The number of aliphatic carboxylic acids is 1. The van der Waals surface area contributed by atoms with E-state index in [1.165, 1.54) is 6.92 Å². The fourth-order valence-electron chi connectivity index (χ4n) is 1.86. The van der Waals surface area contributed by atoms with Gasteiger partial charge in [0.05, 0.1) is 19.3 Å². The van der Waals surface area contributed by atoms with Crippen molar-refractivity contribution >= 4 is 23.7 Å². The number of carbonyl (C=O) groups is 4. The number of carboxylic acid groups (broad SMARTS) is 1. The standard InChI is InChI=1S/C14H26N4O7/c1-6(2)10(14(24)25)17-13(23)11(7(3)20)18-12(22)8(5-19)16-9(21)4-15/h6-8,10-11,19-20H,4-5,15H2,1-3H3,(H,16,21)(H,17,23)(H,18,22)(H,24,25). The fraction of sp³-hybridized carbons (Fsp3) is 0.714. The summed E-state index contributed by atoms with van der Waals surface area (Å²) in [4.78, 5) is 46.6. The van der Waals surface area contributed by atoms with Crippen molar-refractivity contribution in [2.24, 2.45) is 11.7 Å². The van der Waals surface area contributed by atoms with Crippen LogP contribution in [0.5, 0.6) is 0 Å². The van der Waals surface area contributed by atoms with Gasteiger partial charge in [-0.25, -0.2) is 4.79 Å². The SMILES string of the molecule is CC(C)C(NC(=O)C(NC(=O)C(CO)NC(=O)CN)C(C)O)C(=O)O. The van der Waals surface area contributed by atoms with Crippen LogP contribution >= 0.6 is 0 Å². The van der Waals surface area contributed by atoms with Crippen molar-refractivity contribution in [3.05, 3.63) is 0 Å². The highest BCUT2D eigenvalue weighted by Gasteiger charge is 2.32. The van der Waals surface area contributed by atoms with E-state index >= 15 is 0 Å². The first-order valence-corrected chi connectivity index (χ1v) is 7.67. The van der Waals surface area contributed by atoms with Crippen LogP contribution in [0.4, 0.5) is 0 Å². The number of rotatable bonds is 10. The average Bonchev–Trinajstić information content (AvgIpc) is 2.53. The van der Waals surface area contributed by atoms with Crippen LogP contribution in [0.15, 0.2) is 0 Å². The molecule has 0 aromatic carbocycles. The Hall–Kier alpha value is -2.24. The molecule has 3 amide bonds. The molecule has 0 aliphatic carbocycles. The summed E-state index contributed by atoms with van der Waals surface area (Å²) in [5.41, 5.74) is 5.10. The Morgan fingerprint density at radius 2 is 1.48 bits per heavy atom. The van der Waals surface area contributed by atoms with Gasteiger partial charge in [-0.15, -0.1) is 0 Å². The molecule has 0 bridgehead atoms. The zero-order chi connectivity index (χ0) is 19.7. The largest absolute Gasteiger partial charge is 0.480 e. The van der Waals surface area contributed by atoms with Crippen molar-refractivity contribution in [3.63, 3.8) is 0 Å². The summed E-state index contributed by atoms with van der Waals surface area (Å²) in [5.74, 6) is -4.23. The van der Waals surface area contributed by atoms with Gasteiger partial charge in [0.2, 0.25) is 17.7 Å². The Kier molecular flexibility index (Phi) is 9.64. The Balaban J connectivity index is 5.10. The van der Waals surface area contributed by atoms with Gasteiger partial charge in [0.1, 0.15) is 18.1 Å². The molecular formula is C14H26N4O7. The first kappa shape index (κ1) is 22.8. The van der Waals surface area contributed by atoms with Crippen molar-refractivity contribution in [2.75, 3.05) is 13.2 Å². The maximum atomic E-state index is 12.2. The van der Waals surface area contributed by atoms with E-state index in [0.29, 0.717) is 0 Å². The van der Waals surface area contributed by atoms with Gasteiger partial charge in [-0.3, -0.25) is 14.4 Å². The minimum absolute atomic E-state index is 0.404. The summed E-state index contributed by atoms with van der Waals surface area (Å²) < 4.78 is 0. The minimum Gasteiger partial charge on any atom is -0.480 e. The van der Waals surface area contributed by atoms with Gasteiger partial charge in [0.15, 0.2) is 0 Å². The Labute approximate surface area is 145 Å². The Morgan fingerprint density at radius 1 is 0.960 bits per heavy atom. The molecule has 0 fully saturated rings. The van der Waals surface area contributed by atoms with Crippen LogP contribution in [-0.2, 0) is 19.2 Å². The molecule has 0 aliphatic heterocycles. The lowest BCUT2D eigenvalue weighted by Crippen LogP contribution is -2.60. The van der Waals surface area contributed by atoms with Crippen LogP contribution in [0.2, 0.25) is 0 Å². The zero-order valence-electron chi connectivity index (χ0n) is 14.4. The first-order chi connectivity index (χ1) is 11.5. The van der Waals surface area contributed by atoms with Gasteiger partial charge < -0.3 is 37.0 Å². The highest BCUT2D eigenvalue weighted by molar-refractivity contribution is 5.94. The quantitative estimate of drug-likeness (QED) is 0.208. The summed E-state index contributed by atoms with van der Waals surface area (Å²) in [6.07, 6.45) is -1.35. The monoisotopic (exact) mass is 362 g/mol. The minimum atomic E-state index is -1.48. The molecule has 144 valence electrons. The number of carbonyl (C=O) groups excluding carboxylic acids is 3. The van der Waals surface area contributed by atoms with E-state index in [2.05, 4.69) is 16.0 Å². The number of hydrogen-bond donors (Lipinski definition) is 7. The molecule has 0 radical (unpaired) electrons. The topological polar surface area (TPSA) is 191 Å². The zero-order valence-corrected chi connectivity index (χ0v) is 14.4. The van der Waals surface area contributed by atoms with Crippen LogP contribution < -0.4 is 21.7 Å². The number of aliphatic hydroxyl groups excluding tert-OH is 2. The van der Waals surface area contributed by atoms with Crippen molar-refractivity contribution < 1.29 is 34.5 Å². The van der Waals surface area contributed by atoms with Gasteiger partial charge in [-0.2, -0.15) is 0 Å². The third kappa shape index (κ3) is 7.45. The molecule has 0 saturated heterocycles. The molecule has 0 saturated carbocycles. The maximum Gasteiger partial charge on any atom is 0.326 e. The predicted molar refractivity (Wildman–Crippen MR) is 86.1 cm³/mol. The lowest BCUT2D eigenvalue weighted by molar-refractivity contribution is -0.144. The molecule has 4 unspecified atom stereocenters. The third-order valence-corrected chi connectivity index (χ3v) is 3.31. The van der Waals surface area contributed by atoms with E-state index in [1.54, 1.807) is 13.8 Å². The summed E-state index contributed by atoms with van der Waals surface area (Å²) in [7, 11) is 0. The molecule has 0 spiro atoms. The van der Waals surface area contributed by atoms with Crippen LogP contribution in [0.1, 0.15) is 20.8 Å². The summed E-state index contributed by atoms with van der Waals surface area (Å²) in [6.45, 7) is 3.23. The van der Waals surface area contributed by atoms with E-state index in [0.717, 1.165) is 0 Å². The Bertz CT molecular complexity index is 496. The first-order valence-electron chi connectivity index (χ1n) is 7.67. The smallest absolute Gasteiger partial charge is 0.326 e. The maximum absolute atomic E-state index is 12.2. The van der Waals surface area contributed by atoms with E-state index in [4.69, 9.17) is 15.9 Å². The third-order valence-electron chi connectivity index (χ3n) is 3.31. The van der Waals surface area contributed by atoms with Crippen LogP contribution in [0.25, 0.3) is 0 Å². The van der Waals surface area contributed by atoms with E-state index < -0.39 is 67.0 Å². The summed E-state index contributed by atoms with van der Waals surface area (Å²) in [5, 5.41) is 34.5. The van der Waals surface area contributed by atoms with Gasteiger partial charge in [-0.05, 0) is 12.8 Å². The molecule has 11 heteroatoms. The lowest BCUT2D eigenvalue weighted by atomic mass is 10.0. The number of nitrogens with two attached hydrogens (primary N) is 1. The molecule has 8 N–H and O–H groups in total. The van der Waals surface area contributed by atoms with E-state index in [1.807, 2.05) is 0 Å². The highest BCUT2D eigenvalue weighted by atomic mass is 16.4. The van der Waals surface area contributed by atoms with Crippen molar-refractivity contribution in [2.45, 2.75) is 45.0 Å². The Morgan fingerprint density at radius 3 is 1.84 bits per heavy atom. The number of carboxylic acids is 1. The number of aliphatic hydroxyl groups is 2. The summed E-state index contributed by atoms with van der Waals surface area (Å²) >= 11 is 0. The second-order valence-corrected chi connectivity index (χ2v) is 5.80. The normalized spacial score (nSPS) is 15.6. The van der Waals surface area contributed by atoms with Gasteiger partial charge in [0, 0.05) is 0 Å². The second kappa shape index (κ2) is 10.6.